The lowest BCUT2D eigenvalue weighted by Crippen LogP contribution is -2.27. The number of hydrogen-bond donors (Lipinski definition) is 0. The average Bonchev–Trinajstić information content (AvgIpc) is 2.80. The van der Waals surface area contributed by atoms with Gasteiger partial charge in [0, 0.05) is 23.1 Å². The van der Waals surface area contributed by atoms with Gasteiger partial charge >= 0.3 is 0 Å². The standard InChI is InChI=1S/C15H11N2O3/c1-20-9-2-3-10-11-6-7-16(19)12-4-5-14(18)17(15(11)12)13(10)8-9/h2-8,12H,1H3/q-1. The van der Waals surface area contributed by atoms with Crippen molar-refractivity contribution in [3.05, 3.63) is 53.0 Å². The third kappa shape index (κ3) is 1.27. The number of ether oxygens (including phenoxy) is 1. The lowest BCUT2D eigenvalue weighted by Gasteiger charge is -2.38. The summed E-state index contributed by atoms with van der Waals surface area (Å²) >= 11 is 0. The first-order valence-electron chi connectivity index (χ1n) is 6.29. The van der Waals surface area contributed by atoms with Gasteiger partial charge in [-0.2, -0.15) is 0 Å². The van der Waals surface area contributed by atoms with Gasteiger partial charge in [0.25, 0.3) is 5.91 Å². The van der Waals surface area contributed by atoms with Crippen molar-refractivity contribution in [3.63, 3.8) is 0 Å². The van der Waals surface area contributed by atoms with Crippen LogP contribution in [0.25, 0.3) is 17.0 Å². The third-order valence-corrected chi connectivity index (χ3v) is 3.84. The SMILES string of the molecule is COc1ccc2c3c4n(c2c1)C(=O)C=CC4N([O-])C=C3. The zero-order chi connectivity index (χ0) is 13.9. The van der Waals surface area contributed by atoms with Crippen molar-refractivity contribution in [1.82, 2.24) is 9.63 Å². The van der Waals surface area contributed by atoms with Crippen LogP contribution >= 0.6 is 0 Å². The van der Waals surface area contributed by atoms with Crippen LogP contribution in [0.1, 0.15) is 22.1 Å². The first kappa shape index (κ1) is 11.3. The number of carbonyl (C=O) groups is 1. The van der Waals surface area contributed by atoms with Crippen LogP contribution in [-0.4, -0.2) is 22.6 Å². The summed E-state index contributed by atoms with van der Waals surface area (Å²) in [6.45, 7) is 0. The third-order valence-electron chi connectivity index (χ3n) is 3.84. The Morgan fingerprint density at radius 3 is 2.95 bits per heavy atom. The van der Waals surface area contributed by atoms with Gasteiger partial charge in [0.2, 0.25) is 0 Å². The van der Waals surface area contributed by atoms with Crippen LogP contribution < -0.4 is 4.74 Å². The molecule has 0 spiro atoms. The molecule has 0 saturated heterocycles. The molecule has 2 aromatic rings. The molecule has 5 heteroatoms. The normalized spacial score (nSPS) is 19.6. The highest BCUT2D eigenvalue weighted by atomic mass is 16.5. The first-order valence-corrected chi connectivity index (χ1v) is 6.29. The Kier molecular flexibility index (Phi) is 2.11. The predicted molar refractivity (Wildman–Crippen MR) is 75.2 cm³/mol. The molecule has 0 radical (unpaired) electrons. The monoisotopic (exact) mass is 267 g/mol. The summed E-state index contributed by atoms with van der Waals surface area (Å²) in [7, 11) is 1.59. The Balaban J connectivity index is 2.14. The Labute approximate surface area is 114 Å². The molecule has 4 rings (SSSR count). The molecule has 1 atom stereocenters. The van der Waals surface area contributed by atoms with E-state index in [1.165, 1.54) is 12.3 Å². The van der Waals surface area contributed by atoms with Crippen LogP contribution in [0.3, 0.4) is 0 Å². The Bertz CT molecular complexity index is 801. The van der Waals surface area contributed by atoms with Crippen molar-refractivity contribution in [2.75, 3.05) is 7.11 Å². The van der Waals surface area contributed by atoms with Gasteiger partial charge in [0.15, 0.2) is 0 Å². The minimum Gasteiger partial charge on any atom is -0.758 e. The Hall–Kier alpha value is -2.53. The van der Waals surface area contributed by atoms with Crippen LogP contribution in [0.5, 0.6) is 5.75 Å². The number of carbonyl (C=O) groups excluding carboxylic acids is 1. The summed E-state index contributed by atoms with van der Waals surface area (Å²) < 4.78 is 6.83. The Morgan fingerprint density at radius 1 is 1.30 bits per heavy atom. The van der Waals surface area contributed by atoms with Gasteiger partial charge in [-0.1, -0.05) is 6.08 Å². The molecular weight excluding hydrogens is 256 g/mol. The van der Waals surface area contributed by atoms with Crippen molar-refractivity contribution in [3.8, 4) is 5.75 Å². The maximum atomic E-state index is 12.2. The van der Waals surface area contributed by atoms with E-state index in [9.17, 15) is 10.0 Å². The fraction of sp³-hybridized carbons (Fsp3) is 0.133. The summed E-state index contributed by atoms with van der Waals surface area (Å²) in [4.78, 5) is 12.2. The molecule has 0 amide bonds. The van der Waals surface area contributed by atoms with E-state index in [2.05, 4.69) is 0 Å². The highest BCUT2D eigenvalue weighted by Gasteiger charge is 2.29. The molecule has 20 heavy (non-hydrogen) atoms. The molecule has 2 aliphatic rings. The fourth-order valence-electron chi connectivity index (χ4n) is 2.93. The van der Waals surface area contributed by atoms with Crippen LogP contribution in [0.2, 0.25) is 0 Å². The number of methoxy groups -OCH3 is 1. The number of benzene rings is 1. The highest BCUT2D eigenvalue weighted by Crippen LogP contribution is 2.40. The fourth-order valence-corrected chi connectivity index (χ4v) is 2.93. The Morgan fingerprint density at radius 2 is 2.15 bits per heavy atom. The van der Waals surface area contributed by atoms with E-state index in [0.717, 1.165) is 27.2 Å². The number of nitrogens with zero attached hydrogens (tertiary/aromatic N) is 2. The average molecular weight is 267 g/mol. The van der Waals surface area contributed by atoms with Gasteiger partial charge in [0.05, 0.1) is 24.4 Å². The minimum atomic E-state index is -0.439. The van der Waals surface area contributed by atoms with Crippen molar-refractivity contribution < 1.29 is 9.53 Å². The van der Waals surface area contributed by atoms with Crippen LogP contribution in [0.15, 0.2) is 36.6 Å². The molecule has 0 aliphatic carbocycles. The quantitative estimate of drug-likeness (QED) is 0.797. The lowest BCUT2D eigenvalue weighted by atomic mass is 10.0. The molecule has 0 bridgehead atoms. The van der Waals surface area contributed by atoms with Crippen molar-refractivity contribution in [1.29, 1.82) is 0 Å². The molecule has 5 nitrogen and oxygen atoms in total. The molecule has 1 unspecified atom stereocenters. The van der Waals surface area contributed by atoms with E-state index in [4.69, 9.17) is 4.74 Å². The minimum absolute atomic E-state index is 0.135. The van der Waals surface area contributed by atoms with Crippen LogP contribution in [-0.2, 0) is 0 Å². The number of allylic oxidation sites excluding steroid dienone is 1. The van der Waals surface area contributed by atoms with E-state index in [1.54, 1.807) is 23.8 Å². The zero-order valence-electron chi connectivity index (χ0n) is 10.7. The number of hydroxylamine groups is 2. The number of aromatic nitrogens is 1. The topological polar surface area (TPSA) is 57.5 Å². The summed E-state index contributed by atoms with van der Waals surface area (Å²) in [5, 5.41) is 13.7. The van der Waals surface area contributed by atoms with Crippen molar-refractivity contribution in [2.24, 2.45) is 0 Å². The molecule has 0 saturated carbocycles. The molecular formula is C15H11N2O3-. The van der Waals surface area contributed by atoms with E-state index >= 15 is 0 Å². The molecule has 2 aliphatic heterocycles. The van der Waals surface area contributed by atoms with Gasteiger partial charge in [-0.3, -0.25) is 9.36 Å². The molecule has 3 heterocycles. The molecule has 1 aromatic heterocycles. The largest absolute Gasteiger partial charge is 0.758 e. The van der Waals surface area contributed by atoms with Crippen molar-refractivity contribution >= 4 is 22.9 Å². The molecule has 0 fully saturated rings. The summed E-state index contributed by atoms with van der Waals surface area (Å²) in [5.41, 5.74) is 2.43. The smallest absolute Gasteiger partial charge is 0.255 e. The lowest BCUT2D eigenvalue weighted by molar-refractivity contribution is 0.0961. The number of rotatable bonds is 1. The van der Waals surface area contributed by atoms with Gasteiger partial charge in [0.1, 0.15) is 5.75 Å². The summed E-state index contributed by atoms with van der Waals surface area (Å²) in [5.74, 6) is 0.551. The summed E-state index contributed by atoms with van der Waals surface area (Å²) in [6.07, 6.45) is 6.36. The van der Waals surface area contributed by atoms with Gasteiger partial charge < -0.3 is 15.0 Å². The van der Waals surface area contributed by atoms with E-state index < -0.39 is 6.04 Å². The van der Waals surface area contributed by atoms with Crippen LogP contribution in [0, 0.1) is 5.21 Å². The predicted octanol–water partition coefficient (Wildman–Crippen LogP) is 2.69. The van der Waals surface area contributed by atoms with Gasteiger partial charge in [-0.15, -0.1) is 0 Å². The second kappa shape index (κ2) is 3.74. The number of fused-ring (bicyclic) bond motifs is 3. The summed E-state index contributed by atoms with van der Waals surface area (Å²) in [6, 6.07) is 5.16. The van der Waals surface area contributed by atoms with E-state index in [1.807, 2.05) is 18.2 Å². The van der Waals surface area contributed by atoms with Crippen molar-refractivity contribution in [2.45, 2.75) is 6.04 Å². The maximum Gasteiger partial charge on any atom is 0.255 e. The number of hydrogen-bond acceptors (Lipinski definition) is 4. The van der Waals surface area contributed by atoms with Gasteiger partial charge in [-0.05, 0) is 24.4 Å². The first-order chi connectivity index (χ1) is 9.70. The second-order valence-corrected chi connectivity index (χ2v) is 4.84. The van der Waals surface area contributed by atoms with E-state index in [-0.39, 0.29) is 5.91 Å². The molecule has 1 aromatic carbocycles. The molecule has 100 valence electrons. The maximum absolute atomic E-state index is 12.2. The van der Waals surface area contributed by atoms with Crippen LogP contribution in [0.4, 0.5) is 0 Å². The molecule has 0 N–H and O–H groups in total. The second-order valence-electron chi connectivity index (χ2n) is 4.84. The zero-order valence-corrected chi connectivity index (χ0v) is 10.7. The van der Waals surface area contributed by atoms with E-state index in [0.29, 0.717) is 5.75 Å². The van der Waals surface area contributed by atoms with Gasteiger partial charge in [-0.25, -0.2) is 0 Å². The highest BCUT2D eigenvalue weighted by molar-refractivity contribution is 6.05.